The zero-order valence-corrected chi connectivity index (χ0v) is 16.9. The van der Waals surface area contributed by atoms with Gasteiger partial charge in [0.15, 0.2) is 0 Å². The van der Waals surface area contributed by atoms with Gasteiger partial charge in [0.1, 0.15) is 6.04 Å². The number of likely N-dealkylation sites (tertiary alicyclic amines) is 1. The van der Waals surface area contributed by atoms with Gasteiger partial charge in [0.25, 0.3) is 5.91 Å². The van der Waals surface area contributed by atoms with Gasteiger partial charge in [-0.2, -0.15) is 4.98 Å². The SMILES string of the molecule is COc1nc(C(=O)N2CC(Cc3ccccc3)(C(=O)NC3CCNC3=O)C2)nn1C. The summed E-state index contributed by atoms with van der Waals surface area (Å²) in [6.07, 6.45) is 1.03. The number of amides is 3. The number of aromatic nitrogens is 3. The van der Waals surface area contributed by atoms with Crippen molar-refractivity contribution in [2.75, 3.05) is 26.7 Å². The second kappa shape index (κ2) is 7.77. The molecule has 0 spiro atoms. The number of carbonyl (C=O) groups is 3. The smallest absolute Gasteiger partial charge is 0.314 e. The minimum Gasteiger partial charge on any atom is -0.467 e. The predicted octanol–water partition coefficient (Wildman–Crippen LogP) is -0.487. The quantitative estimate of drug-likeness (QED) is 0.661. The van der Waals surface area contributed by atoms with Crippen molar-refractivity contribution in [1.29, 1.82) is 0 Å². The largest absolute Gasteiger partial charge is 0.467 e. The number of nitrogens with one attached hydrogen (secondary N) is 2. The summed E-state index contributed by atoms with van der Waals surface area (Å²) in [6.45, 7) is 0.996. The van der Waals surface area contributed by atoms with Gasteiger partial charge in [-0.1, -0.05) is 30.3 Å². The van der Waals surface area contributed by atoms with E-state index in [1.165, 1.54) is 11.8 Å². The summed E-state index contributed by atoms with van der Waals surface area (Å²) in [5.41, 5.74) is 0.187. The van der Waals surface area contributed by atoms with E-state index in [2.05, 4.69) is 20.7 Å². The van der Waals surface area contributed by atoms with E-state index in [9.17, 15) is 14.4 Å². The van der Waals surface area contributed by atoms with E-state index in [0.29, 0.717) is 19.4 Å². The van der Waals surface area contributed by atoms with Crippen molar-refractivity contribution in [2.45, 2.75) is 18.9 Å². The fraction of sp³-hybridized carbons (Fsp3) is 0.450. The topological polar surface area (TPSA) is 118 Å². The van der Waals surface area contributed by atoms with Crippen molar-refractivity contribution in [3.8, 4) is 6.01 Å². The van der Waals surface area contributed by atoms with Crippen LogP contribution in [0.4, 0.5) is 0 Å². The van der Waals surface area contributed by atoms with Crippen molar-refractivity contribution in [3.63, 3.8) is 0 Å². The highest BCUT2D eigenvalue weighted by molar-refractivity contribution is 5.96. The molecule has 1 aromatic heterocycles. The summed E-state index contributed by atoms with van der Waals surface area (Å²) >= 11 is 0. The van der Waals surface area contributed by atoms with E-state index in [0.717, 1.165) is 5.56 Å². The van der Waals surface area contributed by atoms with Gasteiger partial charge < -0.3 is 20.3 Å². The predicted molar refractivity (Wildman–Crippen MR) is 106 cm³/mol. The fourth-order valence-electron chi connectivity index (χ4n) is 3.97. The van der Waals surface area contributed by atoms with E-state index in [1.54, 1.807) is 11.9 Å². The molecule has 2 aliphatic rings. The molecule has 2 fully saturated rings. The van der Waals surface area contributed by atoms with Crippen LogP contribution in [0.5, 0.6) is 6.01 Å². The van der Waals surface area contributed by atoms with Crippen molar-refractivity contribution < 1.29 is 19.1 Å². The second-order valence-corrected chi connectivity index (χ2v) is 7.76. The number of nitrogens with zero attached hydrogens (tertiary/aromatic N) is 4. The maximum absolute atomic E-state index is 13.2. The van der Waals surface area contributed by atoms with E-state index in [-0.39, 0.29) is 42.6 Å². The first-order valence-electron chi connectivity index (χ1n) is 9.79. The Balaban J connectivity index is 1.51. The maximum Gasteiger partial charge on any atom is 0.314 e. The van der Waals surface area contributed by atoms with Crippen LogP contribution in [-0.4, -0.2) is 70.2 Å². The van der Waals surface area contributed by atoms with Crippen molar-refractivity contribution in [1.82, 2.24) is 30.3 Å². The van der Waals surface area contributed by atoms with Gasteiger partial charge in [-0.15, -0.1) is 5.10 Å². The lowest BCUT2D eigenvalue weighted by Crippen LogP contribution is -2.66. The summed E-state index contributed by atoms with van der Waals surface area (Å²) in [6, 6.07) is 9.35. The Kier molecular flexibility index (Phi) is 5.15. The number of hydrogen-bond donors (Lipinski definition) is 2. The molecule has 0 radical (unpaired) electrons. The summed E-state index contributed by atoms with van der Waals surface area (Å²) in [5, 5.41) is 9.68. The molecule has 0 bridgehead atoms. The Morgan fingerprint density at radius 3 is 2.63 bits per heavy atom. The molecule has 30 heavy (non-hydrogen) atoms. The lowest BCUT2D eigenvalue weighted by atomic mass is 9.73. The van der Waals surface area contributed by atoms with Crippen LogP contribution in [-0.2, 0) is 23.1 Å². The molecule has 0 saturated carbocycles. The van der Waals surface area contributed by atoms with Crippen LogP contribution < -0.4 is 15.4 Å². The molecule has 2 N–H and O–H groups in total. The van der Waals surface area contributed by atoms with Crippen LogP contribution in [0.1, 0.15) is 22.6 Å². The zero-order chi connectivity index (χ0) is 21.3. The highest BCUT2D eigenvalue weighted by Crippen LogP contribution is 2.36. The third-order valence-electron chi connectivity index (χ3n) is 5.59. The minimum atomic E-state index is -0.807. The van der Waals surface area contributed by atoms with Gasteiger partial charge in [0.2, 0.25) is 17.6 Å². The number of methoxy groups -OCH3 is 1. The van der Waals surface area contributed by atoms with E-state index in [4.69, 9.17) is 4.74 Å². The molecule has 10 nitrogen and oxygen atoms in total. The van der Waals surface area contributed by atoms with Gasteiger partial charge in [0, 0.05) is 26.7 Å². The molecular formula is C20H24N6O4. The molecule has 0 aliphatic carbocycles. The van der Waals surface area contributed by atoms with Crippen molar-refractivity contribution >= 4 is 17.7 Å². The number of carbonyl (C=O) groups excluding carboxylic acids is 3. The monoisotopic (exact) mass is 412 g/mol. The summed E-state index contributed by atoms with van der Waals surface area (Å²) in [4.78, 5) is 43.5. The molecule has 3 heterocycles. The molecular weight excluding hydrogens is 388 g/mol. The molecule has 2 saturated heterocycles. The number of aryl methyl sites for hydroxylation is 1. The zero-order valence-electron chi connectivity index (χ0n) is 16.9. The van der Waals surface area contributed by atoms with Gasteiger partial charge in [0.05, 0.1) is 12.5 Å². The first-order valence-corrected chi connectivity index (χ1v) is 9.79. The van der Waals surface area contributed by atoms with E-state index < -0.39 is 11.5 Å². The van der Waals surface area contributed by atoms with E-state index >= 15 is 0 Å². The molecule has 10 heteroatoms. The molecule has 2 aliphatic heterocycles. The van der Waals surface area contributed by atoms with Gasteiger partial charge in [-0.25, -0.2) is 4.68 Å². The van der Waals surface area contributed by atoms with Gasteiger partial charge in [-0.05, 0) is 18.4 Å². The standard InChI is InChI=1S/C20H24N6O4/c1-25-19(30-2)23-15(24-25)17(28)26-11-20(12-26,10-13-6-4-3-5-7-13)18(29)22-14-8-9-21-16(14)27/h3-7,14H,8-12H2,1-2H3,(H,21,27)(H,22,29). The van der Waals surface area contributed by atoms with Crippen LogP contribution in [0.2, 0.25) is 0 Å². The lowest BCUT2D eigenvalue weighted by molar-refractivity contribution is -0.141. The van der Waals surface area contributed by atoms with Crippen molar-refractivity contribution in [2.24, 2.45) is 12.5 Å². The third kappa shape index (κ3) is 3.60. The first kappa shape index (κ1) is 19.9. The van der Waals surface area contributed by atoms with Crippen molar-refractivity contribution in [3.05, 3.63) is 41.7 Å². The van der Waals surface area contributed by atoms with Gasteiger partial charge in [-0.3, -0.25) is 14.4 Å². The third-order valence-corrected chi connectivity index (χ3v) is 5.59. The molecule has 158 valence electrons. The number of hydrogen-bond acceptors (Lipinski definition) is 6. The Morgan fingerprint density at radius 2 is 2.03 bits per heavy atom. The van der Waals surface area contributed by atoms with Gasteiger partial charge >= 0.3 is 6.01 Å². The maximum atomic E-state index is 13.2. The molecule has 3 amide bonds. The highest BCUT2D eigenvalue weighted by atomic mass is 16.5. The average Bonchev–Trinajstić information content (AvgIpc) is 3.29. The Labute approximate surface area is 173 Å². The normalized spacial score (nSPS) is 19.7. The summed E-state index contributed by atoms with van der Waals surface area (Å²) in [5.74, 6) is -0.721. The minimum absolute atomic E-state index is 0.0261. The Hall–Kier alpha value is -3.43. The number of rotatable bonds is 6. The van der Waals surface area contributed by atoms with E-state index in [1.807, 2.05) is 30.3 Å². The molecule has 1 aromatic carbocycles. The highest BCUT2D eigenvalue weighted by Gasteiger charge is 2.52. The van der Waals surface area contributed by atoms with Crippen LogP contribution in [0.15, 0.2) is 30.3 Å². The second-order valence-electron chi connectivity index (χ2n) is 7.76. The fourth-order valence-corrected chi connectivity index (χ4v) is 3.97. The average molecular weight is 412 g/mol. The molecule has 4 rings (SSSR count). The van der Waals surface area contributed by atoms with Crippen LogP contribution >= 0.6 is 0 Å². The lowest BCUT2D eigenvalue weighted by Gasteiger charge is -2.48. The van der Waals surface area contributed by atoms with Crippen LogP contribution in [0, 0.1) is 5.41 Å². The molecule has 1 unspecified atom stereocenters. The Morgan fingerprint density at radius 1 is 1.30 bits per heavy atom. The summed E-state index contributed by atoms with van der Waals surface area (Å²) < 4.78 is 6.45. The van der Waals surface area contributed by atoms with Crippen LogP contribution in [0.3, 0.4) is 0 Å². The van der Waals surface area contributed by atoms with Crippen LogP contribution in [0.25, 0.3) is 0 Å². The first-order chi connectivity index (χ1) is 14.4. The number of benzene rings is 1. The number of ether oxygens (including phenoxy) is 1. The molecule has 1 atom stereocenters. The molecule has 2 aromatic rings. The Bertz CT molecular complexity index is 967. The summed E-state index contributed by atoms with van der Waals surface area (Å²) in [7, 11) is 3.09.